The van der Waals surface area contributed by atoms with E-state index in [9.17, 15) is 22.8 Å². The highest BCUT2D eigenvalue weighted by Crippen LogP contribution is 2.35. The van der Waals surface area contributed by atoms with Gasteiger partial charge in [-0.2, -0.15) is 23.3 Å². The molecule has 1 saturated heterocycles. The predicted molar refractivity (Wildman–Crippen MR) is 155 cm³/mol. The van der Waals surface area contributed by atoms with E-state index >= 15 is 0 Å². The summed E-state index contributed by atoms with van der Waals surface area (Å²) in [6.07, 6.45) is -1.23. The van der Waals surface area contributed by atoms with Crippen LogP contribution in [-0.2, 0) is 22.3 Å². The molecule has 8 nitrogen and oxygen atoms in total. The van der Waals surface area contributed by atoms with E-state index in [0.29, 0.717) is 40.6 Å². The van der Waals surface area contributed by atoms with Crippen LogP contribution in [0.1, 0.15) is 37.5 Å². The Hall–Kier alpha value is -3.35. The second-order valence-corrected chi connectivity index (χ2v) is 12.4. The average Bonchev–Trinajstić information content (AvgIpc) is 3.46. The van der Waals surface area contributed by atoms with Crippen molar-refractivity contribution in [3.05, 3.63) is 69.2 Å². The number of amidine groups is 1. The van der Waals surface area contributed by atoms with Crippen LogP contribution in [0.4, 0.5) is 13.2 Å². The van der Waals surface area contributed by atoms with E-state index in [2.05, 4.69) is 20.7 Å². The molecule has 0 bridgehead atoms. The highest BCUT2D eigenvalue weighted by atomic mass is 35.5. The van der Waals surface area contributed by atoms with Crippen LogP contribution in [-0.4, -0.2) is 62.9 Å². The zero-order valence-corrected chi connectivity index (χ0v) is 24.1. The molecule has 1 atom stereocenters. The lowest BCUT2D eigenvalue weighted by Gasteiger charge is -2.35. The standard InChI is InChI=1S/C28H28ClF3N6O2S/c1-27(2,3)36-24(39)21-15-37(9-8-33-21)26-35-25(40)23(41-26)11-16-4-7-22-18(10-16)13-34-38(22)14-17-5-6-19(29)12-20(17)28(30,31)32/h4-7,10-13,21,33H,8-9,14-15H2,1-3H3,(H,36,39)/t21-/m0/s1. The first-order chi connectivity index (χ1) is 19.3. The van der Waals surface area contributed by atoms with Crippen molar-refractivity contribution in [2.24, 2.45) is 4.99 Å². The Morgan fingerprint density at radius 1 is 1.22 bits per heavy atom. The number of hydrogen-bond acceptors (Lipinski definition) is 6. The van der Waals surface area contributed by atoms with Crippen molar-refractivity contribution < 1.29 is 22.8 Å². The number of benzene rings is 2. The maximum absolute atomic E-state index is 13.6. The molecule has 1 fully saturated rings. The third-order valence-corrected chi connectivity index (χ3v) is 7.81. The molecule has 41 heavy (non-hydrogen) atoms. The molecule has 216 valence electrons. The second kappa shape index (κ2) is 11.1. The van der Waals surface area contributed by atoms with Crippen LogP contribution in [0, 0.1) is 0 Å². The molecule has 3 heterocycles. The third-order valence-electron chi connectivity index (χ3n) is 6.53. The number of halogens is 4. The van der Waals surface area contributed by atoms with Gasteiger partial charge in [-0.1, -0.05) is 23.7 Å². The summed E-state index contributed by atoms with van der Waals surface area (Å²) in [6.45, 7) is 7.26. The van der Waals surface area contributed by atoms with E-state index in [1.54, 1.807) is 24.4 Å². The number of thioether (sulfide) groups is 1. The summed E-state index contributed by atoms with van der Waals surface area (Å²) in [6, 6.07) is 8.64. The van der Waals surface area contributed by atoms with Crippen LogP contribution in [0.15, 0.2) is 52.5 Å². The summed E-state index contributed by atoms with van der Waals surface area (Å²) in [5.74, 6) is -0.468. The van der Waals surface area contributed by atoms with E-state index in [4.69, 9.17) is 11.6 Å². The molecule has 0 aliphatic carbocycles. The number of rotatable bonds is 4. The first-order valence-electron chi connectivity index (χ1n) is 12.9. The molecule has 5 rings (SSSR count). The number of carbonyl (C=O) groups is 2. The zero-order valence-electron chi connectivity index (χ0n) is 22.6. The molecule has 3 aromatic rings. The quantitative estimate of drug-likeness (QED) is 0.411. The lowest BCUT2D eigenvalue weighted by Crippen LogP contribution is -2.60. The maximum atomic E-state index is 13.6. The van der Waals surface area contributed by atoms with Gasteiger partial charge < -0.3 is 15.5 Å². The van der Waals surface area contributed by atoms with Gasteiger partial charge in [0.25, 0.3) is 5.91 Å². The van der Waals surface area contributed by atoms with Crippen molar-refractivity contribution in [1.29, 1.82) is 0 Å². The summed E-state index contributed by atoms with van der Waals surface area (Å²) in [4.78, 5) is 32.0. The number of nitrogens with one attached hydrogen (secondary N) is 2. The van der Waals surface area contributed by atoms with Crippen LogP contribution < -0.4 is 10.6 Å². The molecule has 0 radical (unpaired) electrons. The minimum atomic E-state index is -4.54. The lowest BCUT2D eigenvalue weighted by molar-refractivity contribution is -0.138. The Morgan fingerprint density at radius 3 is 2.73 bits per heavy atom. The molecule has 0 saturated carbocycles. The van der Waals surface area contributed by atoms with Gasteiger partial charge in [0, 0.05) is 35.6 Å². The molecular formula is C28H28ClF3N6O2S. The minimum Gasteiger partial charge on any atom is -0.350 e. The number of alkyl halides is 3. The number of piperazine rings is 1. The summed E-state index contributed by atoms with van der Waals surface area (Å²) in [5.41, 5.74) is 0.286. The molecule has 2 amide bonds. The van der Waals surface area contributed by atoms with E-state index in [-0.39, 0.29) is 34.5 Å². The van der Waals surface area contributed by atoms with E-state index in [1.165, 1.54) is 28.6 Å². The van der Waals surface area contributed by atoms with Gasteiger partial charge in [-0.15, -0.1) is 0 Å². The summed E-state index contributed by atoms with van der Waals surface area (Å²) < 4.78 is 42.2. The van der Waals surface area contributed by atoms with Crippen LogP contribution >= 0.6 is 23.4 Å². The fourth-order valence-electron chi connectivity index (χ4n) is 4.67. The number of aliphatic imine (C=N–C) groups is 1. The summed E-state index contributed by atoms with van der Waals surface area (Å²) in [7, 11) is 0. The smallest absolute Gasteiger partial charge is 0.350 e. The largest absolute Gasteiger partial charge is 0.416 e. The Balaban J connectivity index is 1.30. The van der Waals surface area contributed by atoms with Crippen LogP contribution in [0.3, 0.4) is 0 Å². The van der Waals surface area contributed by atoms with Crippen molar-refractivity contribution in [2.75, 3.05) is 19.6 Å². The van der Waals surface area contributed by atoms with Crippen LogP contribution in [0.5, 0.6) is 0 Å². The third kappa shape index (κ3) is 6.77. The van der Waals surface area contributed by atoms with Crippen molar-refractivity contribution in [2.45, 2.75) is 45.1 Å². The normalized spacial score (nSPS) is 19.2. The second-order valence-electron chi connectivity index (χ2n) is 10.9. The van der Waals surface area contributed by atoms with Crippen LogP contribution in [0.25, 0.3) is 17.0 Å². The SMILES string of the molecule is CC(C)(C)NC(=O)[C@@H]1CN(C2=NC(=O)C(=Cc3ccc4c(cnn4Cc4ccc(Cl)cc4C(F)(F)F)c3)S2)CCN1. The molecule has 0 unspecified atom stereocenters. The topological polar surface area (TPSA) is 91.6 Å². The fourth-order valence-corrected chi connectivity index (χ4v) is 5.79. The van der Waals surface area contributed by atoms with Gasteiger partial charge in [0.2, 0.25) is 5.91 Å². The number of amides is 2. The Kier molecular flexibility index (Phi) is 7.92. The van der Waals surface area contributed by atoms with Gasteiger partial charge in [0.1, 0.15) is 6.04 Å². The first-order valence-corrected chi connectivity index (χ1v) is 14.1. The van der Waals surface area contributed by atoms with Gasteiger partial charge in [-0.3, -0.25) is 14.3 Å². The highest BCUT2D eigenvalue weighted by molar-refractivity contribution is 8.18. The maximum Gasteiger partial charge on any atom is 0.416 e. The molecule has 0 spiro atoms. The number of aromatic nitrogens is 2. The Labute approximate surface area is 244 Å². The monoisotopic (exact) mass is 604 g/mol. The van der Waals surface area contributed by atoms with Crippen molar-refractivity contribution >= 4 is 57.3 Å². The van der Waals surface area contributed by atoms with Crippen LogP contribution in [0.2, 0.25) is 5.02 Å². The lowest BCUT2D eigenvalue weighted by atomic mass is 10.1. The van der Waals surface area contributed by atoms with Gasteiger partial charge in [0.15, 0.2) is 5.17 Å². The average molecular weight is 605 g/mol. The molecule has 2 aliphatic rings. The Bertz CT molecular complexity index is 1580. The molecule has 2 N–H and O–H groups in total. The molecule has 1 aromatic heterocycles. The van der Waals surface area contributed by atoms with Crippen molar-refractivity contribution in [3.63, 3.8) is 0 Å². The highest BCUT2D eigenvalue weighted by Gasteiger charge is 2.34. The fraction of sp³-hybridized carbons (Fsp3) is 0.357. The minimum absolute atomic E-state index is 0.0124. The number of nitrogens with zero attached hydrogens (tertiary/aromatic N) is 4. The van der Waals surface area contributed by atoms with E-state index in [0.717, 1.165) is 11.6 Å². The Morgan fingerprint density at radius 2 is 2.00 bits per heavy atom. The van der Waals surface area contributed by atoms with Gasteiger partial charge in [0.05, 0.1) is 28.7 Å². The number of hydrogen-bond donors (Lipinski definition) is 2. The van der Waals surface area contributed by atoms with Crippen molar-refractivity contribution in [3.8, 4) is 0 Å². The molecular weight excluding hydrogens is 577 g/mol. The zero-order chi connectivity index (χ0) is 29.5. The van der Waals surface area contributed by atoms with Crippen molar-refractivity contribution in [1.82, 2.24) is 25.3 Å². The molecule has 13 heteroatoms. The molecule has 2 aromatic carbocycles. The summed E-state index contributed by atoms with van der Waals surface area (Å²) in [5, 5.41) is 11.8. The number of fused-ring (bicyclic) bond motifs is 1. The van der Waals surface area contributed by atoms with Gasteiger partial charge in [-0.05, 0) is 74.0 Å². The molecule has 2 aliphatic heterocycles. The van der Waals surface area contributed by atoms with Gasteiger partial charge >= 0.3 is 6.18 Å². The summed E-state index contributed by atoms with van der Waals surface area (Å²) >= 11 is 7.06. The van der Waals surface area contributed by atoms with E-state index in [1.807, 2.05) is 31.7 Å². The van der Waals surface area contributed by atoms with Gasteiger partial charge in [-0.25, -0.2) is 0 Å². The predicted octanol–water partition coefficient (Wildman–Crippen LogP) is 4.92. The van der Waals surface area contributed by atoms with E-state index < -0.39 is 17.8 Å². The number of carbonyl (C=O) groups excluding carboxylic acids is 2. The first kappa shape index (κ1) is 29.2.